The number of hydrogen-bond donors (Lipinski definition) is 1. The molecule has 112 valence electrons. The van der Waals surface area contributed by atoms with Gasteiger partial charge in [-0.05, 0) is 51.0 Å². The first kappa shape index (κ1) is 13.4. The van der Waals surface area contributed by atoms with Crippen LogP contribution in [0.2, 0.25) is 0 Å². The molecule has 1 N–H and O–H groups in total. The Balaban J connectivity index is 1.90. The molecule has 1 aliphatic rings. The zero-order valence-corrected chi connectivity index (χ0v) is 13.5. The molecule has 0 aliphatic carbocycles. The van der Waals surface area contributed by atoms with Gasteiger partial charge in [0.05, 0.1) is 22.1 Å². The fourth-order valence-corrected chi connectivity index (χ4v) is 3.25. The van der Waals surface area contributed by atoms with Crippen LogP contribution in [0.5, 0.6) is 0 Å². The molecule has 3 heteroatoms. The van der Waals surface area contributed by atoms with Gasteiger partial charge in [0.1, 0.15) is 0 Å². The van der Waals surface area contributed by atoms with Crippen molar-refractivity contribution in [2.75, 3.05) is 5.32 Å². The monoisotopic (exact) mass is 291 g/mol. The van der Waals surface area contributed by atoms with Gasteiger partial charge in [0, 0.05) is 0 Å². The van der Waals surface area contributed by atoms with Crippen molar-refractivity contribution in [3.63, 3.8) is 0 Å². The predicted octanol–water partition coefficient (Wildman–Crippen LogP) is 4.64. The van der Waals surface area contributed by atoms with Crippen LogP contribution in [-0.2, 0) is 5.54 Å². The molecule has 0 unspecified atom stereocenters. The molecule has 0 fully saturated rings. The van der Waals surface area contributed by atoms with Gasteiger partial charge in [0.2, 0.25) is 5.95 Å². The first-order valence-electron chi connectivity index (χ1n) is 7.77. The fourth-order valence-electron chi connectivity index (χ4n) is 3.25. The van der Waals surface area contributed by atoms with Gasteiger partial charge in [-0.15, -0.1) is 0 Å². The molecule has 3 nitrogen and oxygen atoms in total. The SMILES string of the molecule is CC1(C)Nc2nc3cc(-c4ccccc4)ccc3n2C1(C)C. The van der Waals surface area contributed by atoms with E-state index < -0.39 is 0 Å². The number of imidazole rings is 1. The second-order valence-electron chi connectivity index (χ2n) is 7.15. The quantitative estimate of drug-likeness (QED) is 0.707. The number of benzene rings is 2. The Hall–Kier alpha value is -2.29. The van der Waals surface area contributed by atoms with Crippen LogP contribution in [0, 0.1) is 0 Å². The Morgan fingerprint density at radius 2 is 1.64 bits per heavy atom. The standard InChI is InChI=1S/C19H21N3/c1-18(2)19(3,4)22-16-11-10-14(13-8-6-5-7-9-13)12-15(16)20-17(22)21-18/h5-12H,1-4H3,(H,20,21). The number of nitrogens with one attached hydrogen (secondary N) is 1. The summed E-state index contributed by atoms with van der Waals surface area (Å²) >= 11 is 0. The maximum absolute atomic E-state index is 4.82. The van der Waals surface area contributed by atoms with Crippen molar-refractivity contribution < 1.29 is 0 Å². The highest BCUT2D eigenvalue weighted by molar-refractivity contribution is 5.85. The van der Waals surface area contributed by atoms with Crippen molar-refractivity contribution in [1.29, 1.82) is 0 Å². The van der Waals surface area contributed by atoms with Crippen LogP contribution >= 0.6 is 0 Å². The van der Waals surface area contributed by atoms with Gasteiger partial charge in [-0.1, -0.05) is 36.4 Å². The minimum atomic E-state index is -0.0225. The Bertz CT molecular complexity index is 857. The van der Waals surface area contributed by atoms with Gasteiger partial charge in [-0.2, -0.15) is 0 Å². The zero-order valence-electron chi connectivity index (χ0n) is 13.5. The van der Waals surface area contributed by atoms with E-state index in [2.05, 4.69) is 80.0 Å². The third-order valence-electron chi connectivity index (χ3n) is 5.27. The summed E-state index contributed by atoms with van der Waals surface area (Å²) in [7, 11) is 0. The molecule has 3 aromatic rings. The largest absolute Gasteiger partial charge is 0.348 e. The Kier molecular flexibility index (Phi) is 2.51. The van der Waals surface area contributed by atoms with E-state index in [1.165, 1.54) is 16.6 Å². The Labute approximate surface area is 131 Å². The third-order valence-corrected chi connectivity index (χ3v) is 5.27. The van der Waals surface area contributed by atoms with E-state index >= 15 is 0 Å². The summed E-state index contributed by atoms with van der Waals surface area (Å²) in [6, 6.07) is 17.0. The summed E-state index contributed by atoms with van der Waals surface area (Å²) in [6.07, 6.45) is 0. The number of fused-ring (bicyclic) bond motifs is 3. The lowest BCUT2D eigenvalue weighted by Crippen LogP contribution is -2.46. The molecule has 2 aromatic carbocycles. The van der Waals surface area contributed by atoms with E-state index in [-0.39, 0.29) is 11.1 Å². The van der Waals surface area contributed by atoms with Crippen molar-refractivity contribution in [1.82, 2.24) is 9.55 Å². The van der Waals surface area contributed by atoms with Gasteiger partial charge in [0.15, 0.2) is 0 Å². The van der Waals surface area contributed by atoms with Gasteiger partial charge in [0.25, 0.3) is 0 Å². The highest BCUT2D eigenvalue weighted by atomic mass is 15.3. The summed E-state index contributed by atoms with van der Waals surface area (Å²) in [4.78, 5) is 4.82. The van der Waals surface area contributed by atoms with Crippen LogP contribution in [0.3, 0.4) is 0 Å². The van der Waals surface area contributed by atoms with E-state index in [4.69, 9.17) is 4.98 Å². The summed E-state index contributed by atoms with van der Waals surface area (Å²) in [5.41, 5.74) is 4.64. The van der Waals surface area contributed by atoms with Crippen molar-refractivity contribution in [3.8, 4) is 11.1 Å². The number of nitrogens with zero attached hydrogens (tertiary/aromatic N) is 2. The van der Waals surface area contributed by atoms with Crippen molar-refractivity contribution in [2.45, 2.75) is 38.8 Å². The topological polar surface area (TPSA) is 29.9 Å². The van der Waals surface area contributed by atoms with E-state index in [1.807, 2.05) is 6.07 Å². The summed E-state index contributed by atoms with van der Waals surface area (Å²) in [6.45, 7) is 8.99. The average Bonchev–Trinajstić information content (AvgIpc) is 2.91. The molecule has 0 atom stereocenters. The molecule has 1 aromatic heterocycles. The maximum Gasteiger partial charge on any atom is 0.204 e. The van der Waals surface area contributed by atoms with E-state index in [0.29, 0.717) is 0 Å². The summed E-state index contributed by atoms with van der Waals surface area (Å²) in [5.74, 6) is 0.968. The molecule has 2 heterocycles. The first-order chi connectivity index (χ1) is 10.4. The summed E-state index contributed by atoms with van der Waals surface area (Å²) < 4.78 is 2.33. The molecule has 1 aliphatic heterocycles. The van der Waals surface area contributed by atoms with E-state index in [1.54, 1.807) is 0 Å². The molecule has 0 saturated carbocycles. The van der Waals surface area contributed by atoms with Gasteiger partial charge in [-0.3, -0.25) is 0 Å². The van der Waals surface area contributed by atoms with Gasteiger partial charge >= 0.3 is 0 Å². The Morgan fingerprint density at radius 1 is 0.909 bits per heavy atom. The van der Waals surface area contributed by atoms with Crippen LogP contribution in [0.4, 0.5) is 5.95 Å². The fraction of sp³-hybridized carbons (Fsp3) is 0.316. The van der Waals surface area contributed by atoms with Crippen LogP contribution in [0.15, 0.2) is 48.5 Å². The van der Waals surface area contributed by atoms with Gasteiger partial charge < -0.3 is 9.88 Å². The van der Waals surface area contributed by atoms with Crippen molar-refractivity contribution in [3.05, 3.63) is 48.5 Å². The van der Waals surface area contributed by atoms with E-state index in [0.717, 1.165) is 11.5 Å². The smallest absolute Gasteiger partial charge is 0.204 e. The van der Waals surface area contributed by atoms with Gasteiger partial charge in [-0.25, -0.2) is 4.98 Å². The average molecular weight is 291 g/mol. The second kappa shape index (κ2) is 4.13. The van der Waals surface area contributed by atoms with Crippen molar-refractivity contribution in [2.24, 2.45) is 0 Å². The number of hydrogen-bond acceptors (Lipinski definition) is 2. The minimum absolute atomic E-state index is 0.0123. The maximum atomic E-state index is 4.82. The highest BCUT2D eigenvalue weighted by Gasteiger charge is 2.47. The van der Waals surface area contributed by atoms with Crippen molar-refractivity contribution >= 4 is 17.0 Å². The summed E-state index contributed by atoms with van der Waals surface area (Å²) in [5, 5.41) is 3.56. The molecular formula is C19H21N3. The molecule has 0 radical (unpaired) electrons. The molecule has 22 heavy (non-hydrogen) atoms. The highest BCUT2D eigenvalue weighted by Crippen LogP contribution is 2.43. The third kappa shape index (κ3) is 1.65. The number of rotatable bonds is 1. The van der Waals surface area contributed by atoms with Crippen LogP contribution in [-0.4, -0.2) is 15.1 Å². The lowest BCUT2D eigenvalue weighted by Gasteiger charge is -2.35. The minimum Gasteiger partial charge on any atom is -0.348 e. The van der Waals surface area contributed by atoms with Crippen LogP contribution < -0.4 is 5.32 Å². The number of aromatic nitrogens is 2. The first-order valence-corrected chi connectivity index (χ1v) is 7.77. The zero-order chi connectivity index (χ0) is 15.5. The van der Waals surface area contributed by atoms with E-state index in [9.17, 15) is 0 Å². The van der Waals surface area contributed by atoms with Crippen LogP contribution in [0.1, 0.15) is 27.7 Å². The molecule has 0 bridgehead atoms. The van der Waals surface area contributed by atoms with Crippen LogP contribution in [0.25, 0.3) is 22.2 Å². The predicted molar refractivity (Wildman–Crippen MR) is 92.2 cm³/mol. The Morgan fingerprint density at radius 3 is 2.36 bits per heavy atom. The molecule has 0 spiro atoms. The lowest BCUT2D eigenvalue weighted by atomic mass is 9.84. The second-order valence-corrected chi connectivity index (χ2v) is 7.15. The molecule has 0 amide bonds. The lowest BCUT2D eigenvalue weighted by molar-refractivity contribution is 0.270. The molecule has 0 saturated heterocycles. The number of anilines is 1. The normalized spacial score (nSPS) is 18.2. The molecular weight excluding hydrogens is 270 g/mol. The molecule has 4 rings (SSSR count).